The molecule has 1 atom stereocenters. The van der Waals surface area contributed by atoms with E-state index in [1.54, 1.807) is 10.9 Å². The van der Waals surface area contributed by atoms with Crippen LogP contribution in [0.3, 0.4) is 0 Å². The number of fused-ring (bicyclic) bond motifs is 2. The Kier molecular flexibility index (Phi) is 3.98. The second kappa shape index (κ2) is 6.29. The first-order chi connectivity index (χ1) is 11.7. The Morgan fingerprint density at radius 3 is 3.04 bits per heavy atom. The molecule has 4 nitrogen and oxygen atoms in total. The van der Waals surface area contributed by atoms with Gasteiger partial charge in [-0.25, -0.2) is 0 Å². The van der Waals surface area contributed by atoms with Gasteiger partial charge in [0.1, 0.15) is 6.54 Å². The lowest BCUT2D eigenvalue weighted by atomic mass is 9.88. The van der Waals surface area contributed by atoms with Gasteiger partial charge in [-0.15, -0.1) is 0 Å². The fraction of sp³-hybridized carbons (Fsp3) is 0.263. The van der Waals surface area contributed by atoms with Gasteiger partial charge in [-0.05, 0) is 42.5 Å². The highest BCUT2D eigenvalue weighted by molar-refractivity contribution is 6.35. The summed E-state index contributed by atoms with van der Waals surface area (Å²) in [5.74, 6) is -0.0262. The lowest BCUT2D eigenvalue weighted by molar-refractivity contribution is -0.122. The van der Waals surface area contributed by atoms with E-state index in [1.165, 1.54) is 11.1 Å². The van der Waals surface area contributed by atoms with Gasteiger partial charge >= 0.3 is 0 Å². The number of hydrogen-bond donors (Lipinski definition) is 1. The lowest BCUT2D eigenvalue weighted by Crippen LogP contribution is -2.33. The summed E-state index contributed by atoms with van der Waals surface area (Å²) in [6.45, 7) is 0.197. The van der Waals surface area contributed by atoms with Crippen LogP contribution < -0.4 is 5.32 Å². The smallest absolute Gasteiger partial charge is 0.242 e. The number of nitrogens with zero attached hydrogens (tertiary/aromatic N) is 2. The van der Waals surface area contributed by atoms with E-state index in [-0.39, 0.29) is 18.5 Å². The molecule has 0 spiro atoms. The first-order valence-electron chi connectivity index (χ1n) is 8.19. The summed E-state index contributed by atoms with van der Waals surface area (Å²) in [4.78, 5) is 12.5. The molecule has 2 aromatic carbocycles. The highest BCUT2D eigenvalue weighted by Gasteiger charge is 2.21. The normalized spacial score (nSPS) is 16.8. The molecule has 1 N–H and O–H groups in total. The molecule has 5 heteroatoms. The molecule has 1 aliphatic rings. The van der Waals surface area contributed by atoms with Crippen molar-refractivity contribution in [2.75, 3.05) is 0 Å². The minimum Gasteiger partial charge on any atom is -0.348 e. The molecule has 0 fully saturated rings. The molecule has 24 heavy (non-hydrogen) atoms. The van der Waals surface area contributed by atoms with Gasteiger partial charge in [-0.1, -0.05) is 41.9 Å². The summed E-state index contributed by atoms with van der Waals surface area (Å²) < 4.78 is 1.70. The van der Waals surface area contributed by atoms with Gasteiger partial charge in [0.25, 0.3) is 0 Å². The van der Waals surface area contributed by atoms with Crippen LogP contribution in [-0.4, -0.2) is 15.7 Å². The number of carbonyl (C=O) groups excluding carboxylic acids is 1. The van der Waals surface area contributed by atoms with E-state index in [9.17, 15) is 4.79 Å². The fourth-order valence-electron chi connectivity index (χ4n) is 3.47. The Bertz CT molecular complexity index is 903. The monoisotopic (exact) mass is 339 g/mol. The highest BCUT2D eigenvalue weighted by atomic mass is 35.5. The van der Waals surface area contributed by atoms with Crippen LogP contribution in [0.15, 0.2) is 48.7 Å². The summed E-state index contributed by atoms with van der Waals surface area (Å²) in [6, 6.07) is 14.1. The zero-order valence-corrected chi connectivity index (χ0v) is 14.0. The molecule has 122 valence electrons. The van der Waals surface area contributed by atoms with Crippen LogP contribution in [0.4, 0.5) is 0 Å². The molecule has 4 rings (SSSR count). The van der Waals surface area contributed by atoms with Crippen molar-refractivity contribution in [3.63, 3.8) is 0 Å². The van der Waals surface area contributed by atoms with Crippen molar-refractivity contribution < 1.29 is 4.79 Å². The lowest BCUT2D eigenvalue weighted by Gasteiger charge is -2.26. The third-order valence-corrected chi connectivity index (χ3v) is 4.96. The molecule has 1 aromatic heterocycles. The molecule has 1 aliphatic carbocycles. The first kappa shape index (κ1) is 15.2. The van der Waals surface area contributed by atoms with Crippen LogP contribution in [0.25, 0.3) is 10.9 Å². The maximum Gasteiger partial charge on any atom is 0.242 e. The van der Waals surface area contributed by atoms with E-state index in [2.05, 4.69) is 28.6 Å². The molecular weight excluding hydrogens is 322 g/mol. The van der Waals surface area contributed by atoms with Crippen molar-refractivity contribution in [3.8, 4) is 0 Å². The highest BCUT2D eigenvalue weighted by Crippen LogP contribution is 2.29. The Balaban J connectivity index is 1.52. The van der Waals surface area contributed by atoms with Crippen molar-refractivity contribution in [3.05, 3.63) is 64.8 Å². The number of benzene rings is 2. The second-order valence-electron chi connectivity index (χ2n) is 6.19. The molecule has 3 aromatic rings. The summed E-state index contributed by atoms with van der Waals surface area (Å²) >= 11 is 6.16. The number of carbonyl (C=O) groups is 1. The van der Waals surface area contributed by atoms with Gasteiger partial charge in [-0.3, -0.25) is 9.48 Å². The number of rotatable bonds is 3. The van der Waals surface area contributed by atoms with Crippen molar-refractivity contribution in [2.45, 2.75) is 31.8 Å². The quantitative estimate of drug-likeness (QED) is 0.787. The van der Waals surface area contributed by atoms with Crippen molar-refractivity contribution >= 4 is 28.4 Å². The average Bonchev–Trinajstić information content (AvgIpc) is 2.99. The van der Waals surface area contributed by atoms with Gasteiger partial charge in [0.05, 0.1) is 22.8 Å². The van der Waals surface area contributed by atoms with Crippen LogP contribution in [0.1, 0.15) is 30.0 Å². The Morgan fingerprint density at radius 1 is 1.25 bits per heavy atom. The van der Waals surface area contributed by atoms with Crippen LogP contribution in [0, 0.1) is 0 Å². The SMILES string of the molecule is O=C(Cn1ncc2c(Cl)cccc21)N[C@H]1CCCc2ccccc21. The minimum atomic E-state index is -0.0262. The van der Waals surface area contributed by atoms with Gasteiger partial charge in [0, 0.05) is 5.39 Å². The third-order valence-electron chi connectivity index (χ3n) is 4.63. The van der Waals surface area contributed by atoms with E-state index >= 15 is 0 Å². The largest absolute Gasteiger partial charge is 0.348 e. The molecule has 0 unspecified atom stereocenters. The van der Waals surface area contributed by atoms with Gasteiger partial charge in [-0.2, -0.15) is 5.10 Å². The van der Waals surface area contributed by atoms with Crippen molar-refractivity contribution in [2.24, 2.45) is 0 Å². The predicted octanol–water partition coefficient (Wildman–Crippen LogP) is 3.88. The van der Waals surface area contributed by atoms with Crippen LogP contribution in [0.2, 0.25) is 5.02 Å². The van der Waals surface area contributed by atoms with Crippen LogP contribution in [0.5, 0.6) is 0 Å². The van der Waals surface area contributed by atoms with Crippen molar-refractivity contribution in [1.29, 1.82) is 0 Å². The number of nitrogens with one attached hydrogen (secondary N) is 1. The maximum atomic E-state index is 12.5. The topological polar surface area (TPSA) is 46.9 Å². The zero-order valence-electron chi connectivity index (χ0n) is 13.2. The standard InChI is InChI=1S/C19H18ClN3O/c20-16-8-4-10-18-15(16)11-21-23(18)12-19(24)22-17-9-3-6-13-5-1-2-7-14(13)17/h1-2,4-5,7-8,10-11,17H,3,6,9,12H2,(H,22,24)/t17-/m0/s1. The van der Waals surface area contributed by atoms with Gasteiger partial charge in [0.2, 0.25) is 5.91 Å². The average molecular weight is 340 g/mol. The van der Waals surface area contributed by atoms with Gasteiger partial charge in [0.15, 0.2) is 0 Å². The predicted molar refractivity (Wildman–Crippen MR) is 95.0 cm³/mol. The van der Waals surface area contributed by atoms with Crippen LogP contribution >= 0.6 is 11.6 Å². The summed E-state index contributed by atoms with van der Waals surface area (Å²) in [6.07, 6.45) is 4.88. The van der Waals surface area contributed by atoms with E-state index in [0.717, 1.165) is 30.2 Å². The molecule has 0 saturated heterocycles. The number of hydrogen-bond acceptors (Lipinski definition) is 2. The Morgan fingerprint density at radius 2 is 2.12 bits per heavy atom. The Labute approximate surface area is 145 Å². The minimum absolute atomic E-state index is 0.0262. The second-order valence-corrected chi connectivity index (χ2v) is 6.59. The summed E-state index contributed by atoms with van der Waals surface area (Å²) in [7, 11) is 0. The van der Waals surface area contributed by atoms with E-state index in [0.29, 0.717) is 5.02 Å². The molecule has 0 aliphatic heterocycles. The van der Waals surface area contributed by atoms with Gasteiger partial charge < -0.3 is 5.32 Å². The molecule has 1 heterocycles. The molecule has 1 amide bonds. The number of halogens is 1. The molecule has 0 radical (unpaired) electrons. The number of aryl methyl sites for hydroxylation is 1. The van der Waals surface area contributed by atoms with E-state index in [4.69, 9.17) is 11.6 Å². The van der Waals surface area contributed by atoms with E-state index < -0.39 is 0 Å². The van der Waals surface area contributed by atoms with E-state index in [1.807, 2.05) is 24.3 Å². The number of amides is 1. The fourth-order valence-corrected chi connectivity index (χ4v) is 3.69. The summed E-state index contributed by atoms with van der Waals surface area (Å²) in [5, 5.41) is 8.99. The Hall–Kier alpha value is -2.33. The summed E-state index contributed by atoms with van der Waals surface area (Å²) in [5.41, 5.74) is 3.46. The zero-order chi connectivity index (χ0) is 16.5. The number of aromatic nitrogens is 2. The first-order valence-corrected chi connectivity index (χ1v) is 8.57. The third kappa shape index (κ3) is 2.78. The molecule has 0 saturated carbocycles. The van der Waals surface area contributed by atoms with Crippen molar-refractivity contribution in [1.82, 2.24) is 15.1 Å². The van der Waals surface area contributed by atoms with Crippen LogP contribution in [-0.2, 0) is 17.8 Å². The maximum absolute atomic E-state index is 12.5. The molecule has 0 bridgehead atoms. The molecular formula is C19H18ClN3O.